The molecule has 200 valence electrons. The van der Waals surface area contributed by atoms with Crippen LogP contribution in [0.3, 0.4) is 0 Å². The Bertz CT molecular complexity index is 1720. The van der Waals surface area contributed by atoms with Crippen LogP contribution in [-0.2, 0) is 26.1 Å². The van der Waals surface area contributed by atoms with Crippen molar-refractivity contribution in [2.24, 2.45) is 5.92 Å². The van der Waals surface area contributed by atoms with Gasteiger partial charge in [0.15, 0.2) is 11.2 Å². The normalized spacial score (nSPS) is 13.4. The van der Waals surface area contributed by atoms with Crippen LogP contribution in [0.25, 0.3) is 33.7 Å². The molecule has 0 radical (unpaired) electrons. The summed E-state index contributed by atoms with van der Waals surface area (Å²) in [4.78, 5) is 31.7. The number of nitrogens with one attached hydrogen (secondary N) is 1. The predicted molar refractivity (Wildman–Crippen MR) is 149 cm³/mol. The van der Waals surface area contributed by atoms with Crippen LogP contribution in [0.15, 0.2) is 58.1 Å². The fourth-order valence-corrected chi connectivity index (χ4v) is 5.21. The van der Waals surface area contributed by atoms with Gasteiger partial charge in [0, 0.05) is 31.6 Å². The summed E-state index contributed by atoms with van der Waals surface area (Å²) in [7, 11) is 0. The van der Waals surface area contributed by atoms with Gasteiger partial charge in [-0.2, -0.15) is 5.21 Å². The Labute approximate surface area is 225 Å². The van der Waals surface area contributed by atoms with Gasteiger partial charge in [-0.25, -0.2) is 9.78 Å². The molecule has 0 bridgehead atoms. The van der Waals surface area contributed by atoms with Crippen LogP contribution < -0.4 is 11.2 Å². The van der Waals surface area contributed by atoms with Crippen LogP contribution in [-0.4, -0.2) is 39.3 Å². The zero-order valence-electron chi connectivity index (χ0n) is 22.3. The number of benzene rings is 2. The monoisotopic (exact) mass is 524 g/mol. The molecule has 0 unspecified atom stereocenters. The maximum absolute atomic E-state index is 13.6. The van der Waals surface area contributed by atoms with Gasteiger partial charge < -0.3 is 4.57 Å². The number of H-pyrrole nitrogens is 1. The number of aromatic nitrogens is 8. The summed E-state index contributed by atoms with van der Waals surface area (Å²) in [5.41, 5.74) is 4.53. The number of rotatable bonds is 10. The van der Waals surface area contributed by atoms with Gasteiger partial charge in [0.2, 0.25) is 5.82 Å². The fourth-order valence-electron chi connectivity index (χ4n) is 5.21. The highest BCUT2D eigenvalue weighted by molar-refractivity contribution is 5.80. The van der Waals surface area contributed by atoms with Crippen molar-refractivity contribution in [1.29, 1.82) is 0 Å². The Morgan fingerprint density at radius 2 is 1.72 bits per heavy atom. The third-order valence-electron chi connectivity index (χ3n) is 7.52. The molecule has 0 saturated heterocycles. The molecular formula is C29H32N8O2. The maximum atomic E-state index is 13.6. The van der Waals surface area contributed by atoms with Crippen molar-refractivity contribution in [3.63, 3.8) is 0 Å². The maximum Gasteiger partial charge on any atom is 0.332 e. The van der Waals surface area contributed by atoms with E-state index in [1.807, 2.05) is 35.8 Å². The van der Waals surface area contributed by atoms with E-state index in [2.05, 4.69) is 51.8 Å². The number of imidazole rings is 1. The molecule has 3 aromatic heterocycles. The van der Waals surface area contributed by atoms with Crippen molar-refractivity contribution in [3.05, 3.63) is 80.8 Å². The second kappa shape index (κ2) is 10.4. The second-order valence-corrected chi connectivity index (χ2v) is 10.3. The molecule has 2 aromatic carbocycles. The third kappa shape index (κ3) is 4.71. The lowest BCUT2D eigenvalue weighted by molar-refractivity contribution is 0.554. The van der Waals surface area contributed by atoms with E-state index in [4.69, 9.17) is 4.98 Å². The van der Waals surface area contributed by atoms with Gasteiger partial charge in [0.25, 0.3) is 5.56 Å². The van der Waals surface area contributed by atoms with Crippen LogP contribution in [0.4, 0.5) is 0 Å². The summed E-state index contributed by atoms with van der Waals surface area (Å²) in [6, 6.07) is 16.3. The smallest absolute Gasteiger partial charge is 0.318 e. The summed E-state index contributed by atoms with van der Waals surface area (Å²) in [5.74, 6) is 1.89. The lowest BCUT2D eigenvalue weighted by Crippen LogP contribution is -2.40. The first kappa shape index (κ1) is 25.0. The molecule has 1 fully saturated rings. The number of aryl methyl sites for hydroxylation is 1. The fraction of sp³-hybridized carbons (Fsp3) is 0.379. The molecule has 1 aliphatic carbocycles. The molecule has 39 heavy (non-hydrogen) atoms. The van der Waals surface area contributed by atoms with E-state index >= 15 is 0 Å². The largest absolute Gasteiger partial charge is 0.332 e. The molecule has 0 atom stereocenters. The van der Waals surface area contributed by atoms with Gasteiger partial charge in [-0.05, 0) is 54.0 Å². The minimum absolute atomic E-state index is 0.252. The molecule has 6 rings (SSSR count). The van der Waals surface area contributed by atoms with Crippen LogP contribution >= 0.6 is 0 Å². The van der Waals surface area contributed by atoms with Gasteiger partial charge in [0.1, 0.15) is 5.82 Å². The average Bonchev–Trinajstić information content (AvgIpc) is 3.47. The van der Waals surface area contributed by atoms with Crippen LogP contribution in [0, 0.1) is 5.92 Å². The number of tetrazole rings is 1. The van der Waals surface area contributed by atoms with Gasteiger partial charge in [-0.3, -0.25) is 13.9 Å². The molecule has 10 nitrogen and oxygen atoms in total. The summed E-state index contributed by atoms with van der Waals surface area (Å²) >= 11 is 0. The van der Waals surface area contributed by atoms with Crippen molar-refractivity contribution in [1.82, 2.24) is 39.3 Å². The quantitative estimate of drug-likeness (QED) is 0.295. The van der Waals surface area contributed by atoms with Crippen LogP contribution in [0.2, 0.25) is 0 Å². The number of hydrogen-bond donors (Lipinski definition) is 1. The lowest BCUT2D eigenvalue weighted by Gasteiger charge is -2.13. The molecule has 0 aliphatic heterocycles. The Morgan fingerprint density at radius 1 is 0.949 bits per heavy atom. The van der Waals surface area contributed by atoms with Crippen LogP contribution in [0.5, 0.6) is 0 Å². The van der Waals surface area contributed by atoms with E-state index in [1.54, 1.807) is 4.57 Å². The van der Waals surface area contributed by atoms with Crippen LogP contribution in [0.1, 0.15) is 50.9 Å². The summed E-state index contributed by atoms with van der Waals surface area (Å²) in [6.45, 7) is 5.45. The van der Waals surface area contributed by atoms with Gasteiger partial charge in [0.05, 0.1) is 0 Å². The van der Waals surface area contributed by atoms with Gasteiger partial charge in [-0.1, -0.05) is 61.9 Å². The van der Waals surface area contributed by atoms with E-state index in [9.17, 15) is 9.59 Å². The van der Waals surface area contributed by atoms with Crippen molar-refractivity contribution in [3.8, 4) is 22.5 Å². The summed E-state index contributed by atoms with van der Waals surface area (Å²) < 4.78 is 5.12. The molecule has 3 heterocycles. The Morgan fingerprint density at radius 3 is 2.38 bits per heavy atom. The van der Waals surface area contributed by atoms with Crippen molar-refractivity contribution in [2.75, 3.05) is 0 Å². The summed E-state index contributed by atoms with van der Waals surface area (Å²) in [5, 5.41) is 14.5. The highest BCUT2D eigenvalue weighted by atomic mass is 16.2. The van der Waals surface area contributed by atoms with Gasteiger partial charge in [-0.15, -0.1) is 10.2 Å². The standard InChI is InChI=1S/C29H32N8O2/c1-3-5-10-24-30-27-25(28(38)35(4-2)29(39)37(27)18-19-11-12-19)36(24)17-20-13-15-21(16-14-20)22-8-6-7-9-23(22)26-31-33-34-32-26/h6-9,13-16,19H,3-5,10-12,17-18H2,1-2H3,(H,31,32,33,34). The Hall–Kier alpha value is -4.34. The molecule has 1 N–H and O–H groups in total. The van der Waals surface area contributed by atoms with Crippen molar-refractivity contribution < 1.29 is 0 Å². The molecule has 5 aromatic rings. The minimum atomic E-state index is -0.259. The average molecular weight is 525 g/mol. The Balaban J connectivity index is 1.42. The molecule has 0 amide bonds. The number of aromatic amines is 1. The van der Waals surface area contributed by atoms with E-state index in [0.717, 1.165) is 60.2 Å². The molecule has 1 saturated carbocycles. The number of nitrogens with zero attached hydrogens (tertiary/aromatic N) is 7. The first-order valence-electron chi connectivity index (χ1n) is 13.7. The van der Waals surface area contributed by atoms with E-state index < -0.39 is 0 Å². The molecule has 0 spiro atoms. The highest BCUT2D eigenvalue weighted by Gasteiger charge is 2.27. The van der Waals surface area contributed by atoms with Crippen molar-refractivity contribution in [2.45, 2.75) is 65.6 Å². The number of unbranched alkanes of at least 4 members (excludes halogenated alkanes) is 1. The first-order chi connectivity index (χ1) is 19.1. The third-order valence-corrected chi connectivity index (χ3v) is 7.52. The van der Waals surface area contributed by atoms with Gasteiger partial charge >= 0.3 is 5.69 Å². The highest BCUT2D eigenvalue weighted by Crippen LogP contribution is 2.32. The Kier molecular flexibility index (Phi) is 6.68. The minimum Gasteiger partial charge on any atom is -0.318 e. The zero-order chi connectivity index (χ0) is 26.9. The van der Waals surface area contributed by atoms with Crippen molar-refractivity contribution >= 4 is 11.2 Å². The first-order valence-corrected chi connectivity index (χ1v) is 13.7. The molecule has 10 heteroatoms. The number of fused-ring (bicyclic) bond motifs is 1. The predicted octanol–water partition coefficient (Wildman–Crippen LogP) is 4.03. The lowest BCUT2D eigenvalue weighted by atomic mass is 9.98. The second-order valence-electron chi connectivity index (χ2n) is 10.3. The zero-order valence-corrected chi connectivity index (χ0v) is 22.3. The molecule has 1 aliphatic rings. The topological polar surface area (TPSA) is 116 Å². The van der Waals surface area contributed by atoms with E-state index in [-0.39, 0.29) is 11.2 Å². The number of hydrogen-bond acceptors (Lipinski definition) is 6. The summed E-state index contributed by atoms with van der Waals surface area (Å²) in [6.07, 6.45) is 4.97. The van der Waals surface area contributed by atoms with E-state index in [0.29, 0.717) is 42.5 Å². The molecular weight excluding hydrogens is 492 g/mol. The van der Waals surface area contributed by atoms with E-state index in [1.165, 1.54) is 4.57 Å². The SMILES string of the molecule is CCCCc1nc2c(c(=O)n(CC)c(=O)n2CC2CC2)n1Cc1ccc(-c2ccccc2-c2nn[nH]n2)cc1.